The first-order valence-electron chi connectivity index (χ1n) is 12.5. The maximum atomic E-state index is 14.3. The van der Waals surface area contributed by atoms with Crippen molar-refractivity contribution in [3.05, 3.63) is 24.0 Å². The summed E-state index contributed by atoms with van der Waals surface area (Å²) in [7, 11) is 2.72. The Balaban J connectivity index is 1.58. The van der Waals surface area contributed by atoms with Crippen molar-refractivity contribution >= 4 is 33.1 Å². The van der Waals surface area contributed by atoms with E-state index in [1.54, 1.807) is 39.3 Å². The first-order chi connectivity index (χ1) is 18.5. The third-order valence-corrected chi connectivity index (χ3v) is 9.13. The fourth-order valence-electron chi connectivity index (χ4n) is 4.57. The highest BCUT2D eigenvalue weighted by Crippen LogP contribution is 2.32. The highest BCUT2D eigenvalue weighted by molar-refractivity contribution is 7.83. The van der Waals surface area contributed by atoms with Gasteiger partial charge in [0.15, 0.2) is 5.82 Å². The van der Waals surface area contributed by atoms with E-state index < -0.39 is 22.5 Å². The highest BCUT2D eigenvalue weighted by atomic mass is 32.2. The molecular formula is C23H32F2N9O4S+. The molecule has 2 aliphatic heterocycles. The Bertz CT molecular complexity index is 1450. The monoisotopic (exact) mass is 568 g/mol. The normalized spacial score (nSPS) is 17.8. The number of piperazine rings is 1. The van der Waals surface area contributed by atoms with Crippen LogP contribution in [-0.4, -0.2) is 122 Å². The second-order valence-electron chi connectivity index (χ2n) is 10.0. The number of morpholine rings is 1. The second kappa shape index (κ2) is 10.4. The molecule has 13 nitrogen and oxygen atoms in total. The molecule has 0 atom stereocenters. The Kier molecular flexibility index (Phi) is 7.30. The number of hydrogen-bond donors (Lipinski definition) is 0. The summed E-state index contributed by atoms with van der Waals surface area (Å²) in [6, 6.07) is 4.99. The summed E-state index contributed by atoms with van der Waals surface area (Å²) in [5.41, 5.74) is 0.637. The van der Waals surface area contributed by atoms with Gasteiger partial charge in [0, 0.05) is 39.3 Å². The number of halogens is 2. The predicted molar refractivity (Wildman–Crippen MR) is 140 cm³/mol. The number of quaternary nitrogens is 1. The molecule has 16 heteroatoms. The zero-order valence-corrected chi connectivity index (χ0v) is 23.1. The SMILES string of the molecule is COc1cccc2c1nc(C(F)F)n2-c1nc(N2CCOCC2)nc(N2CCN(S(=O)(=O)[N+](C)(C)C)CC2)n1. The fourth-order valence-corrected chi connectivity index (χ4v) is 5.89. The molecule has 0 amide bonds. The molecule has 212 valence electrons. The highest BCUT2D eigenvalue weighted by Gasteiger charge is 2.38. The number of alkyl halides is 2. The number of benzene rings is 1. The Morgan fingerprint density at radius 3 is 2.05 bits per heavy atom. The number of hydrogen-bond acceptors (Lipinski definition) is 10. The van der Waals surface area contributed by atoms with Crippen molar-refractivity contribution in [3.63, 3.8) is 0 Å². The zero-order chi connectivity index (χ0) is 27.9. The molecule has 0 spiro atoms. The minimum atomic E-state index is -3.56. The van der Waals surface area contributed by atoms with Crippen molar-refractivity contribution in [2.45, 2.75) is 6.43 Å². The molecule has 5 rings (SSSR count). The molecular weight excluding hydrogens is 536 g/mol. The van der Waals surface area contributed by atoms with Crippen molar-refractivity contribution in [1.82, 2.24) is 28.8 Å². The van der Waals surface area contributed by atoms with E-state index in [4.69, 9.17) is 9.47 Å². The summed E-state index contributed by atoms with van der Waals surface area (Å²) >= 11 is 0. The average Bonchev–Trinajstić information content (AvgIpc) is 3.33. The van der Waals surface area contributed by atoms with Gasteiger partial charge in [-0.25, -0.2) is 17.7 Å². The lowest BCUT2D eigenvalue weighted by atomic mass is 10.3. The summed E-state index contributed by atoms with van der Waals surface area (Å²) in [4.78, 5) is 21.8. The van der Waals surface area contributed by atoms with Crippen LogP contribution in [0.5, 0.6) is 5.75 Å². The van der Waals surface area contributed by atoms with E-state index in [1.807, 2.05) is 9.80 Å². The van der Waals surface area contributed by atoms with Gasteiger partial charge in [-0.1, -0.05) is 6.07 Å². The predicted octanol–water partition coefficient (Wildman–Crippen LogP) is 1.07. The number of aromatic nitrogens is 5. The number of methoxy groups -OCH3 is 1. The van der Waals surface area contributed by atoms with Gasteiger partial charge in [-0.05, 0) is 12.1 Å². The van der Waals surface area contributed by atoms with Crippen molar-refractivity contribution in [1.29, 1.82) is 0 Å². The Labute approximate surface area is 225 Å². The Morgan fingerprint density at radius 1 is 0.897 bits per heavy atom. The fraction of sp³-hybridized carbons (Fsp3) is 0.565. The Morgan fingerprint density at radius 2 is 1.49 bits per heavy atom. The Hall–Kier alpha value is -3.21. The van der Waals surface area contributed by atoms with Crippen LogP contribution in [0, 0.1) is 0 Å². The lowest BCUT2D eigenvalue weighted by Crippen LogP contribution is -2.57. The second-order valence-corrected chi connectivity index (χ2v) is 12.5. The van der Waals surface area contributed by atoms with E-state index >= 15 is 0 Å². The molecule has 4 heterocycles. The van der Waals surface area contributed by atoms with Gasteiger partial charge in [-0.15, -0.1) is 0 Å². The first-order valence-corrected chi connectivity index (χ1v) is 13.9. The topological polar surface area (TPSA) is 119 Å². The van der Waals surface area contributed by atoms with Crippen LogP contribution in [0.25, 0.3) is 17.0 Å². The van der Waals surface area contributed by atoms with E-state index in [0.29, 0.717) is 56.6 Å². The van der Waals surface area contributed by atoms with E-state index in [9.17, 15) is 17.2 Å². The van der Waals surface area contributed by atoms with Crippen molar-refractivity contribution in [3.8, 4) is 11.7 Å². The molecule has 0 bridgehead atoms. The minimum Gasteiger partial charge on any atom is -0.494 e. The number of ether oxygens (including phenoxy) is 2. The molecule has 0 N–H and O–H groups in total. The smallest absolute Gasteiger partial charge is 0.372 e. The third-order valence-electron chi connectivity index (χ3n) is 6.72. The molecule has 39 heavy (non-hydrogen) atoms. The van der Waals surface area contributed by atoms with E-state index in [0.717, 1.165) is 0 Å². The van der Waals surface area contributed by atoms with Gasteiger partial charge >= 0.3 is 10.2 Å². The molecule has 2 saturated heterocycles. The van der Waals surface area contributed by atoms with Crippen molar-refractivity contribution < 1.29 is 30.6 Å². The molecule has 2 aliphatic rings. The summed E-state index contributed by atoms with van der Waals surface area (Å²) in [5.74, 6) is 0.427. The van der Waals surface area contributed by atoms with Crippen LogP contribution in [0.2, 0.25) is 0 Å². The molecule has 0 radical (unpaired) electrons. The number of anilines is 2. The van der Waals surface area contributed by atoms with Crippen LogP contribution < -0.4 is 14.5 Å². The lowest BCUT2D eigenvalue weighted by Gasteiger charge is -2.37. The van der Waals surface area contributed by atoms with Gasteiger partial charge in [0.25, 0.3) is 6.43 Å². The van der Waals surface area contributed by atoms with Crippen LogP contribution in [0.3, 0.4) is 0 Å². The van der Waals surface area contributed by atoms with Gasteiger partial charge in [0.1, 0.15) is 11.3 Å². The molecule has 0 saturated carbocycles. The molecule has 2 fully saturated rings. The van der Waals surface area contributed by atoms with Gasteiger partial charge in [0.05, 0.1) is 47.0 Å². The van der Waals surface area contributed by atoms with Crippen molar-refractivity contribution in [2.75, 3.05) is 90.5 Å². The van der Waals surface area contributed by atoms with Crippen LogP contribution in [0.1, 0.15) is 12.2 Å². The molecule has 1 aromatic carbocycles. The van der Waals surface area contributed by atoms with E-state index in [-0.39, 0.29) is 34.4 Å². The minimum absolute atomic E-state index is 0.00560. The lowest BCUT2D eigenvalue weighted by molar-refractivity contribution is -0.741. The number of rotatable bonds is 7. The van der Waals surface area contributed by atoms with Crippen LogP contribution >= 0.6 is 0 Å². The van der Waals surface area contributed by atoms with Gasteiger partial charge in [-0.3, -0.25) is 4.57 Å². The van der Waals surface area contributed by atoms with Crippen LogP contribution in [0.15, 0.2) is 18.2 Å². The summed E-state index contributed by atoms with van der Waals surface area (Å²) in [6.07, 6.45) is -2.90. The third kappa shape index (κ3) is 5.08. The maximum absolute atomic E-state index is 14.3. The van der Waals surface area contributed by atoms with Crippen molar-refractivity contribution in [2.24, 2.45) is 0 Å². The van der Waals surface area contributed by atoms with Crippen LogP contribution in [-0.2, 0) is 14.9 Å². The van der Waals surface area contributed by atoms with Gasteiger partial charge in [-0.2, -0.15) is 27.7 Å². The molecule has 0 aliphatic carbocycles. The molecule has 3 aromatic rings. The molecule has 2 aromatic heterocycles. The average molecular weight is 569 g/mol. The quantitative estimate of drug-likeness (QED) is 0.383. The van der Waals surface area contributed by atoms with Gasteiger partial charge in [0.2, 0.25) is 17.8 Å². The first kappa shape index (κ1) is 27.4. The summed E-state index contributed by atoms with van der Waals surface area (Å²) < 4.78 is 67.6. The van der Waals surface area contributed by atoms with Crippen LogP contribution in [0.4, 0.5) is 20.7 Å². The number of nitrogens with zero attached hydrogens (tertiary/aromatic N) is 9. The summed E-state index contributed by atoms with van der Waals surface area (Å²) in [5, 5.41) is 0. The number of imidazole rings is 1. The number of fused-ring (bicyclic) bond motifs is 1. The standard InChI is InChI=1S/C23H32F2N9O4S/c1-34(2,3)39(35,36)32-10-8-30(9-11-32)21-27-22(31-12-14-38-15-13-31)29-23(28-21)33-16-6-5-7-17(37-4)18(16)26-20(33)19(24)25/h5-7,19H,8-15H2,1-4H3/q+1. The van der Waals surface area contributed by atoms with E-state index in [1.165, 1.54) is 16.0 Å². The zero-order valence-electron chi connectivity index (χ0n) is 22.3. The summed E-state index contributed by atoms with van der Waals surface area (Å²) in [6.45, 7) is 3.13. The van der Waals surface area contributed by atoms with Gasteiger partial charge < -0.3 is 19.3 Å². The maximum Gasteiger partial charge on any atom is 0.372 e. The van der Waals surface area contributed by atoms with E-state index in [2.05, 4.69) is 19.9 Å². The largest absolute Gasteiger partial charge is 0.494 e. The number of para-hydroxylation sites is 1. The molecule has 0 unspecified atom stereocenters.